The number of anilines is 1. The van der Waals surface area contributed by atoms with Crippen LogP contribution in [0.5, 0.6) is 5.75 Å². The molecule has 0 unspecified atom stereocenters. The first-order valence-electron chi connectivity index (χ1n) is 7.04. The molecule has 122 valence electrons. The highest BCUT2D eigenvalue weighted by Gasteiger charge is 2.39. The van der Waals surface area contributed by atoms with Crippen LogP contribution in [0, 0.1) is 0 Å². The third-order valence-corrected chi connectivity index (χ3v) is 6.18. The second kappa shape index (κ2) is 7.42. The lowest BCUT2D eigenvalue weighted by Crippen LogP contribution is -2.34. The summed E-state index contributed by atoms with van der Waals surface area (Å²) in [4.78, 5) is 12.4. The molecule has 1 amide bonds. The molecule has 0 aromatic heterocycles. The lowest BCUT2D eigenvalue weighted by atomic mass is 10.3. The topological polar surface area (TPSA) is 57.2 Å². The predicted octanol–water partition coefficient (Wildman–Crippen LogP) is 3.71. The van der Waals surface area contributed by atoms with Gasteiger partial charge in [0.05, 0.1) is 32.1 Å². The van der Waals surface area contributed by atoms with Crippen LogP contribution in [0.25, 0.3) is 0 Å². The molecule has 8 heteroatoms. The summed E-state index contributed by atoms with van der Waals surface area (Å²) in [6, 6.07) is 6.96. The average molecular weight is 345 g/mol. The lowest BCUT2D eigenvalue weighted by molar-refractivity contribution is 0.114. The molecular weight excluding hydrogens is 325 g/mol. The van der Waals surface area contributed by atoms with Gasteiger partial charge in [0.2, 0.25) is 0 Å². The molecular formula is C14H20NO5PS. The summed E-state index contributed by atoms with van der Waals surface area (Å²) in [5.74, 6) is 0.683. The molecule has 0 spiro atoms. The number of methoxy groups -OCH3 is 1. The minimum atomic E-state index is -2.96. The van der Waals surface area contributed by atoms with Crippen molar-refractivity contribution in [2.75, 3.05) is 25.0 Å². The third kappa shape index (κ3) is 3.79. The van der Waals surface area contributed by atoms with Gasteiger partial charge in [0.1, 0.15) is 5.75 Å². The van der Waals surface area contributed by atoms with Crippen LogP contribution in [-0.2, 0) is 25.6 Å². The van der Waals surface area contributed by atoms with E-state index in [1.54, 1.807) is 38.3 Å². The molecule has 0 saturated carbocycles. The Morgan fingerprint density at radius 2 is 2.14 bits per heavy atom. The number of carbonyl (C=O) groups is 1. The van der Waals surface area contributed by atoms with Crippen molar-refractivity contribution in [3.63, 3.8) is 0 Å². The maximum atomic E-state index is 12.4. The van der Waals surface area contributed by atoms with Crippen molar-refractivity contribution in [3.05, 3.63) is 24.3 Å². The van der Waals surface area contributed by atoms with E-state index in [4.69, 9.17) is 30.3 Å². The lowest BCUT2D eigenvalue weighted by Gasteiger charge is -2.37. The Labute approximate surface area is 135 Å². The highest BCUT2D eigenvalue weighted by molar-refractivity contribution is 8.11. The zero-order valence-electron chi connectivity index (χ0n) is 12.9. The molecule has 6 nitrogen and oxygen atoms in total. The van der Waals surface area contributed by atoms with Gasteiger partial charge < -0.3 is 18.5 Å². The van der Waals surface area contributed by atoms with Gasteiger partial charge in [-0.25, -0.2) is 9.46 Å². The molecule has 1 aliphatic heterocycles. The summed E-state index contributed by atoms with van der Waals surface area (Å²) in [5, 5.41) is 0. The Morgan fingerprint density at radius 1 is 1.45 bits per heavy atom. The van der Waals surface area contributed by atoms with Crippen LogP contribution in [-0.4, -0.2) is 32.5 Å². The number of ether oxygens (including phenoxy) is 2. The molecule has 0 radical (unpaired) electrons. The summed E-state index contributed by atoms with van der Waals surface area (Å²) in [5.41, 5.74) is 0.566. The van der Waals surface area contributed by atoms with Crippen LogP contribution in [0.2, 0.25) is 0 Å². The monoisotopic (exact) mass is 345 g/mol. The van der Waals surface area contributed by atoms with E-state index < -0.39 is 12.7 Å². The first kappa shape index (κ1) is 17.2. The van der Waals surface area contributed by atoms with Crippen LogP contribution in [0.15, 0.2) is 24.3 Å². The quantitative estimate of drug-likeness (QED) is 0.776. The highest BCUT2D eigenvalue weighted by Crippen LogP contribution is 2.58. The summed E-state index contributed by atoms with van der Waals surface area (Å²) >= 11 is 5.55. The van der Waals surface area contributed by atoms with Crippen molar-refractivity contribution >= 4 is 30.2 Å². The van der Waals surface area contributed by atoms with E-state index in [1.165, 1.54) is 4.67 Å². The summed E-state index contributed by atoms with van der Waals surface area (Å²) in [7, 11) is 1.58. The van der Waals surface area contributed by atoms with Gasteiger partial charge >= 0.3 is 6.09 Å². The predicted molar refractivity (Wildman–Crippen MR) is 87.9 cm³/mol. The number of hydrogen-bond acceptors (Lipinski definition) is 6. The van der Waals surface area contributed by atoms with E-state index >= 15 is 0 Å². The van der Waals surface area contributed by atoms with Gasteiger partial charge in [0, 0.05) is 0 Å². The first-order valence-corrected chi connectivity index (χ1v) is 9.63. The van der Waals surface area contributed by atoms with Crippen molar-refractivity contribution in [1.29, 1.82) is 0 Å². The smallest absolute Gasteiger partial charge is 0.421 e. The van der Waals surface area contributed by atoms with Crippen molar-refractivity contribution < 1.29 is 23.3 Å². The van der Waals surface area contributed by atoms with E-state index in [2.05, 4.69) is 0 Å². The van der Waals surface area contributed by atoms with E-state index in [9.17, 15) is 4.79 Å². The summed E-state index contributed by atoms with van der Waals surface area (Å²) in [6.07, 6.45) is 0.123. The minimum absolute atomic E-state index is 0.0604. The number of rotatable bonds is 4. The van der Waals surface area contributed by atoms with E-state index in [0.29, 0.717) is 18.0 Å². The molecule has 2 atom stereocenters. The number of amides is 1. The molecule has 0 bridgehead atoms. The van der Waals surface area contributed by atoms with Gasteiger partial charge in [-0.3, -0.25) is 0 Å². The van der Waals surface area contributed by atoms with Gasteiger partial charge in [-0.05, 0) is 56.3 Å². The van der Waals surface area contributed by atoms with Crippen molar-refractivity contribution in [1.82, 2.24) is 0 Å². The zero-order chi connectivity index (χ0) is 16.2. The number of hydrogen-bond donors (Lipinski definition) is 0. The molecule has 1 aromatic rings. The van der Waals surface area contributed by atoms with Crippen LogP contribution in [0.3, 0.4) is 0 Å². The zero-order valence-corrected chi connectivity index (χ0v) is 14.6. The Balaban J connectivity index is 2.37. The second-order valence-corrected chi connectivity index (χ2v) is 7.91. The fraction of sp³-hybridized carbons (Fsp3) is 0.500. The Hall–Kier alpha value is -1.14. The largest absolute Gasteiger partial charge is 0.497 e. The van der Waals surface area contributed by atoms with E-state index in [-0.39, 0.29) is 12.7 Å². The van der Waals surface area contributed by atoms with Crippen LogP contribution >= 0.6 is 6.64 Å². The molecule has 0 N–H and O–H groups in total. The van der Waals surface area contributed by atoms with E-state index in [1.807, 2.05) is 6.92 Å². The molecule has 2 rings (SSSR count). The summed E-state index contributed by atoms with van der Waals surface area (Å²) < 4.78 is 23.1. The normalized spacial score (nSPS) is 24.6. The van der Waals surface area contributed by atoms with Crippen molar-refractivity contribution in [2.24, 2.45) is 0 Å². The van der Waals surface area contributed by atoms with Crippen LogP contribution in [0.1, 0.15) is 20.3 Å². The number of benzene rings is 1. The van der Waals surface area contributed by atoms with Gasteiger partial charge in [-0.2, -0.15) is 0 Å². The van der Waals surface area contributed by atoms with Crippen molar-refractivity contribution in [2.45, 2.75) is 26.4 Å². The molecule has 22 heavy (non-hydrogen) atoms. The van der Waals surface area contributed by atoms with E-state index in [0.717, 1.165) is 6.42 Å². The first-order chi connectivity index (χ1) is 10.5. The van der Waals surface area contributed by atoms with Gasteiger partial charge in [-0.1, -0.05) is 0 Å². The summed E-state index contributed by atoms with van der Waals surface area (Å²) in [6.45, 7) is 1.41. The standard InChI is InChI=1S/C14H20NO5PS/c1-4-18-14(16)15(12-5-7-13(17-3)8-6-12)21(22)19-10-9-11(2)20-21/h5-8,11H,4,9-10H2,1-3H3/t11-,21-/m1/s1. The number of nitrogens with zero attached hydrogens (tertiary/aromatic N) is 1. The Kier molecular flexibility index (Phi) is 5.81. The van der Waals surface area contributed by atoms with Crippen molar-refractivity contribution in [3.8, 4) is 5.75 Å². The molecule has 1 fully saturated rings. The maximum absolute atomic E-state index is 12.4. The minimum Gasteiger partial charge on any atom is -0.497 e. The fourth-order valence-electron chi connectivity index (χ4n) is 2.00. The number of carbonyl (C=O) groups excluding carboxylic acids is 1. The van der Waals surface area contributed by atoms with Gasteiger partial charge in [0.15, 0.2) is 0 Å². The molecule has 1 aromatic carbocycles. The SMILES string of the molecule is CCOC(=O)N(c1ccc(OC)cc1)[P@@]1(=S)OCC[C@@H](C)O1. The van der Waals surface area contributed by atoms with Gasteiger partial charge in [-0.15, -0.1) is 0 Å². The van der Waals surface area contributed by atoms with Gasteiger partial charge in [0.25, 0.3) is 6.64 Å². The third-order valence-electron chi connectivity index (χ3n) is 3.09. The highest BCUT2D eigenvalue weighted by atomic mass is 32.5. The fourth-order valence-corrected chi connectivity index (χ4v) is 4.99. The molecule has 1 heterocycles. The molecule has 0 aliphatic carbocycles. The van der Waals surface area contributed by atoms with Crippen LogP contribution in [0.4, 0.5) is 10.5 Å². The Bertz CT molecular complexity index is 565. The van der Waals surface area contributed by atoms with Crippen LogP contribution < -0.4 is 9.41 Å². The average Bonchev–Trinajstić information content (AvgIpc) is 2.48. The second-order valence-electron chi connectivity index (χ2n) is 4.72. The molecule has 1 aliphatic rings. The molecule has 1 saturated heterocycles. The Morgan fingerprint density at radius 3 is 2.68 bits per heavy atom. The maximum Gasteiger partial charge on any atom is 0.421 e.